The Labute approximate surface area is 136 Å². The molecule has 1 aliphatic carbocycles. The van der Waals surface area contributed by atoms with Gasteiger partial charge in [0.25, 0.3) is 0 Å². The van der Waals surface area contributed by atoms with E-state index in [0.717, 1.165) is 24.3 Å². The molecule has 0 amide bonds. The molecule has 0 unspecified atom stereocenters. The van der Waals surface area contributed by atoms with Crippen LogP contribution in [0.2, 0.25) is 0 Å². The first-order valence-electron chi connectivity index (χ1n) is 7.42. The molecule has 2 rings (SSSR count). The molecule has 6 heteroatoms. The lowest BCUT2D eigenvalue weighted by molar-refractivity contribution is -0.289. The number of rotatable bonds is 2. The van der Waals surface area contributed by atoms with Crippen LogP contribution >= 0.6 is 0 Å². The number of hydrogen-bond donors (Lipinski definition) is 0. The fourth-order valence-electron chi connectivity index (χ4n) is 2.89. The van der Waals surface area contributed by atoms with E-state index in [4.69, 9.17) is 0 Å². The Morgan fingerprint density at radius 3 is 1.75 bits per heavy atom. The van der Waals surface area contributed by atoms with Crippen molar-refractivity contribution in [1.82, 2.24) is 0 Å². The molecule has 1 aromatic carbocycles. The highest BCUT2D eigenvalue weighted by Gasteiger charge is 2.73. The Morgan fingerprint density at radius 1 is 0.875 bits per heavy atom. The zero-order valence-corrected chi connectivity index (χ0v) is 13.5. The largest absolute Gasteiger partial charge is 0.411 e. The van der Waals surface area contributed by atoms with Gasteiger partial charge in [-0.15, -0.1) is 0 Å². The van der Waals surface area contributed by atoms with Crippen LogP contribution in [0.15, 0.2) is 48.1 Å². The number of halogens is 6. The molecule has 0 aliphatic heterocycles. The van der Waals surface area contributed by atoms with Crippen molar-refractivity contribution in [1.29, 1.82) is 0 Å². The summed E-state index contributed by atoms with van der Waals surface area (Å²) in [6.07, 6.45) is -7.50. The molecule has 0 saturated heterocycles. The molecule has 1 aromatic rings. The van der Waals surface area contributed by atoms with E-state index in [-0.39, 0.29) is 6.42 Å². The lowest BCUT2D eigenvalue weighted by Gasteiger charge is -2.40. The van der Waals surface area contributed by atoms with E-state index in [1.54, 1.807) is 20.8 Å². The lowest BCUT2D eigenvalue weighted by Crippen LogP contribution is -2.55. The van der Waals surface area contributed by atoms with E-state index in [1.165, 1.54) is 18.2 Å². The highest BCUT2D eigenvalue weighted by Crippen LogP contribution is 2.57. The molecule has 132 valence electrons. The van der Waals surface area contributed by atoms with E-state index in [2.05, 4.69) is 0 Å². The fourth-order valence-corrected chi connectivity index (χ4v) is 2.89. The summed E-state index contributed by atoms with van der Waals surface area (Å²) in [4.78, 5) is 0. The van der Waals surface area contributed by atoms with E-state index >= 15 is 0 Å². The molecule has 0 aromatic heterocycles. The molecule has 0 fully saturated rings. The summed E-state index contributed by atoms with van der Waals surface area (Å²) >= 11 is 0. The lowest BCUT2D eigenvalue weighted by atomic mass is 9.68. The van der Waals surface area contributed by atoms with Crippen LogP contribution in [0.3, 0.4) is 0 Å². The van der Waals surface area contributed by atoms with Crippen molar-refractivity contribution in [3.05, 3.63) is 59.2 Å². The standard InChI is InChI=1S/C18H18F6/c1-12-4-6-13(7-5-12)16(17(19,20)21,18(22,23)24)14-8-10-15(2,3)11-9-14/h4-10H,11H2,1-3H3. The van der Waals surface area contributed by atoms with Gasteiger partial charge in [0.2, 0.25) is 5.41 Å². The maximum absolute atomic E-state index is 13.8. The smallest absolute Gasteiger partial charge is 0.169 e. The minimum absolute atomic E-state index is 0.110. The number of hydrogen-bond acceptors (Lipinski definition) is 0. The second-order valence-electron chi connectivity index (χ2n) is 6.80. The monoisotopic (exact) mass is 348 g/mol. The molecule has 24 heavy (non-hydrogen) atoms. The summed E-state index contributed by atoms with van der Waals surface area (Å²) in [7, 11) is 0. The van der Waals surface area contributed by atoms with Crippen molar-refractivity contribution < 1.29 is 26.3 Å². The molecule has 0 N–H and O–H groups in total. The third kappa shape index (κ3) is 2.98. The number of alkyl halides is 6. The van der Waals surface area contributed by atoms with Crippen molar-refractivity contribution >= 4 is 0 Å². The van der Waals surface area contributed by atoms with Crippen LogP contribution in [0.25, 0.3) is 0 Å². The van der Waals surface area contributed by atoms with Gasteiger partial charge < -0.3 is 0 Å². The summed E-state index contributed by atoms with van der Waals surface area (Å²) in [5, 5.41) is 0. The van der Waals surface area contributed by atoms with Gasteiger partial charge in [-0.2, -0.15) is 26.3 Å². The number of benzene rings is 1. The molecule has 0 nitrogen and oxygen atoms in total. The van der Waals surface area contributed by atoms with Gasteiger partial charge in [0.05, 0.1) is 0 Å². The molecular formula is C18H18F6. The van der Waals surface area contributed by atoms with Crippen molar-refractivity contribution in [2.75, 3.05) is 0 Å². The predicted octanol–water partition coefficient (Wildman–Crippen LogP) is 6.27. The van der Waals surface area contributed by atoms with Gasteiger partial charge in [0.1, 0.15) is 0 Å². The SMILES string of the molecule is Cc1ccc(C(C2=CCC(C)(C)C=C2)(C(F)(F)F)C(F)(F)F)cc1. The minimum atomic E-state index is -5.52. The van der Waals surface area contributed by atoms with Gasteiger partial charge in [0, 0.05) is 0 Å². The van der Waals surface area contributed by atoms with E-state index < -0.39 is 34.3 Å². The molecule has 0 spiro atoms. The van der Waals surface area contributed by atoms with E-state index in [9.17, 15) is 26.3 Å². The Morgan fingerprint density at radius 2 is 1.38 bits per heavy atom. The molecule has 0 bridgehead atoms. The topological polar surface area (TPSA) is 0 Å². The zero-order chi connectivity index (χ0) is 18.4. The van der Waals surface area contributed by atoms with Gasteiger partial charge in [-0.3, -0.25) is 0 Å². The molecule has 0 atom stereocenters. The Balaban J connectivity index is 2.77. The highest BCUT2D eigenvalue weighted by atomic mass is 19.4. The van der Waals surface area contributed by atoms with E-state index in [1.807, 2.05) is 0 Å². The molecule has 0 heterocycles. The van der Waals surface area contributed by atoms with Crippen LogP contribution in [-0.2, 0) is 5.41 Å². The molecular weight excluding hydrogens is 330 g/mol. The zero-order valence-electron chi connectivity index (χ0n) is 13.5. The third-order valence-electron chi connectivity index (χ3n) is 4.33. The first-order valence-corrected chi connectivity index (χ1v) is 7.42. The van der Waals surface area contributed by atoms with Crippen LogP contribution in [-0.4, -0.2) is 12.4 Å². The summed E-state index contributed by atoms with van der Waals surface area (Å²) in [6.45, 7) is 5.12. The summed E-state index contributed by atoms with van der Waals surface area (Å²) < 4.78 is 83.0. The Kier molecular flexibility index (Phi) is 4.40. The van der Waals surface area contributed by atoms with Crippen LogP contribution in [0, 0.1) is 12.3 Å². The average Bonchev–Trinajstić information content (AvgIpc) is 2.40. The van der Waals surface area contributed by atoms with Gasteiger partial charge in [0.15, 0.2) is 0 Å². The molecule has 0 radical (unpaired) electrons. The number of aryl methyl sites for hydroxylation is 1. The van der Waals surface area contributed by atoms with Crippen LogP contribution in [0.5, 0.6) is 0 Å². The molecule has 1 aliphatic rings. The predicted molar refractivity (Wildman–Crippen MR) is 80.6 cm³/mol. The Hall–Kier alpha value is -1.72. The molecule has 0 saturated carbocycles. The van der Waals surface area contributed by atoms with Gasteiger partial charge in [-0.25, -0.2) is 0 Å². The first kappa shape index (κ1) is 18.6. The highest BCUT2D eigenvalue weighted by molar-refractivity contribution is 5.48. The van der Waals surface area contributed by atoms with E-state index in [0.29, 0.717) is 5.56 Å². The second-order valence-corrected chi connectivity index (χ2v) is 6.80. The maximum atomic E-state index is 13.8. The second kappa shape index (κ2) is 5.67. The van der Waals surface area contributed by atoms with Crippen LogP contribution in [0.4, 0.5) is 26.3 Å². The number of allylic oxidation sites excluding steroid dienone is 4. The van der Waals surface area contributed by atoms with Gasteiger partial charge in [-0.05, 0) is 29.9 Å². The maximum Gasteiger partial charge on any atom is 0.411 e. The normalized spacial score (nSPS) is 18.5. The van der Waals surface area contributed by atoms with Gasteiger partial charge in [-0.1, -0.05) is 61.9 Å². The van der Waals surface area contributed by atoms with Crippen LogP contribution < -0.4 is 0 Å². The average molecular weight is 348 g/mol. The first-order chi connectivity index (χ1) is 10.8. The van der Waals surface area contributed by atoms with Crippen molar-refractivity contribution in [2.24, 2.45) is 5.41 Å². The van der Waals surface area contributed by atoms with Crippen molar-refractivity contribution in [2.45, 2.75) is 45.0 Å². The summed E-state index contributed by atoms with van der Waals surface area (Å²) in [5.41, 5.74) is -5.50. The summed E-state index contributed by atoms with van der Waals surface area (Å²) in [6, 6.07) is 4.34. The summed E-state index contributed by atoms with van der Waals surface area (Å²) in [5.74, 6) is 0. The minimum Gasteiger partial charge on any atom is -0.169 e. The fraction of sp³-hybridized carbons (Fsp3) is 0.444. The quantitative estimate of drug-likeness (QED) is 0.553. The third-order valence-corrected chi connectivity index (χ3v) is 4.33. The van der Waals surface area contributed by atoms with Crippen LogP contribution in [0.1, 0.15) is 31.4 Å². The van der Waals surface area contributed by atoms with Crippen molar-refractivity contribution in [3.8, 4) is 0 Å². The van der Waals surface area contributed by atoms with Gasteiger partial charge >= 0.3 is 12.4 Å². The van der Waals surface area contributed by atoms with Crippen molar-refractivity contribution in [3.63, 3.8) is 0 Å². The Bertz CT molecular complexity index is 642.